The lowest BCUT2D eigenvalue weighted by molar-refractivity contribution is -0.162. The molecule has 164 valence electrons. The number of hydrogen-bond acceptors (Lipinski definition) is 5. The number of esters is 1. The van der Waals surface area contributed by atoms with Crippen molar-refractivity contribution in [3.63, 3.8) is 0 Å². The topological polar surface area (TPSA) is 96.0 Å². The van der Waals surface area contributed by atoms with Crippen LogP contribution in [0.25, 0.3) is 0 Å². The van der Waals surface area contributed by atoms with Crippen LogP contribution >= 0.6 is 0 Å². The minimum Gasteiger partial charge on any atom is -0.451 e. The Labute approximate surface area is 177 Å². The summed E-state index contributed by atoms with van der Waals surface area (Å²) in [6.07, 6.45) is -1.02. The van der Waals surface area contributed by atoms with E-state index in [1.54, 1.807) is 24.0 Å². The molecular formula is C22H31N3O5. The molecule has 30 heavy (non-hydrogen) atoms. The third kappa shape index (κ3) is 4.63. The van der Waals surface area contributed by atoms with Crippen LogP contribution in [0.3, 0.4) is 0 Å². The Morgan fingerprint density at radius 2 is 1.60 bits per heavy atom. The molecule has 0 unspecified atom stereocenters. The molecule has 8 heteroatoms. The molecule has 1 aliphatic rings. The molecular weight excluding hydrogens is 386 g/mol. The van der Waals surface area contributed by atoms with Crippen molar-refractivity contribution >= 4 is 23.8 Å². The molecule has 0 radical (unpaired) electrons. The zero-order valence-corrected chi connectivity index (χ0v) is 18.7. The molecule has 0 spiro atoms. The molecule has 1 aromatic rings. The monoisotopic (exact) mass is 417 g/mol. The summed E-state index contributed by atoms with van der Waals surface area (Å²) in [5, 5.41) is 2.65. The van der Waals surface area contributed by atoms with Gasteiger partial charge in [-0.2, -0.15) is 0 Å². The number of benzene rings is 1. The summed E-state index contributed by atoms with van der Waals surface area (Å²) in [6, 6.07) is 6.44. The Hall–Kier alpha value is -2.90. The normalized spacial score (nSPS) is 19.8. The number of amides is 4. The number of nitrogens with zero attached hydrogens (tertiary/aromatic N) is 2. The van der Waals surface area contributed by atoms with Gasteiger partial charge >= 0.3 is 12.0 Å². The second-order valence-electron chi connectivity index (χ2n) is 8.38. The van der Waals surface area contributed by atoms with E-state index in [4.69, 9.17) is 4.74 Å². The molecule has 1 heterocycles. The van der Waals surface area contributed by atoms with Crippen molar-refractivity contribution in [3.05, 3.63) is 35.4 Å². The first-order chi connectivity index (χ1) is 13.9. The Kier molecular flexibility index (Phi) is 6.90. The van der Waals surface area contributed by atoms with E-state index < -0.39 is 36.1 Å². The van der Waals surface area contributed by atoms with E-state index in [-0.39, 0.29) is 18.0 Å². The van der Waals surface area contributed by atoms with Crippen LogP contribution in [0.2, 0.25) is 0 Å². The fourth-order valence-electron chi connectivity index (χ4n) is 3.65. The molecule has 4 amide bonds. The second kappa shape index (κ2) is 8.85. The number of ether oxygens (including phenoxy) is 1. The van der Waals surface area contributed by atoms with Crippen LogP contribution in [0.15, 0.2) is 24.3 Å². The lowest BCUT2D eigenvalue weighted by atomic mass is 9.91. The van der Waals surface area contributed by atoms with Crippen LogP contribution in [-0.4, -0.2) is 58.3 Å². The van der Waals surface area contributed by atoms with Gasteiger partial charge < -0.3 is 15.0 Å². The van der Waals surface area contributed by atoms with Gasteiger partial charge in [0.25, 0.3) is 11.8 Å². The van der Waals surface area contributed by atoms with Gasteiger partial charge in [0.05, 0.1) is 0 Å². The van der Waals surface area contributed by atoms with Crippen molar-refractivity contribution < 1.29 is 23.9 Å². The minimum atomic E-state index is -1.27. The molecule has 0 bridgehead atoms. The van der Waals surface area contributed by atoms with E-state index in [9.17, 15) is 19.2 Å². The summed E-state index contributed by atoms with van der Waals surface area (Å²) in [5.41, 5.74) is 0.379. The van der Waals surface area contributed by atoms with Crippen LogP contribution < -0.4 is 5.32 Å². The average molecular weight is 418 g/mol. The maximum Gasteiger partial charge on any atom is 0.327 e. The lowest BCUT2D eigenvalue weighted by Gasteiger charge is -2.32. The average Bonchev–Trinajstić information content (AvgIpc) is 2.85. The van der Waals surface area contributed by atoms with Crippen LogP contribution in [-0.2, 0) is 24.7 Å². The van der Waals surface area contributed by atoms with Gasteiger partial charge in [0.15, 0.2) is 6.10 Å². The number of urea groups is 1. The van der Waals surface area contributed by atoms with Gasteiger partial charge in [-0.05, 0) is 54.0 Å². The van der Waals surface area contributed by atoms with E-state index in [0.717, 1.165) is 10.5 Å². The van der Waals surface area contributed by atoms with Gasteiger partial charge in [0, 0.05) is 12.1 Å². The first kappa shape index (κ1) is 23.4. The van der Waals surface area contributed by atoms with Gasteiger partial charge in [-0.25, -0.2) is 4.79 Å². The van der Waals surface area contributed by atoms with Crippen molar-refractivity contribution in [1.82, 2.24) is 15.1 Å². The molecule has 1 saturated heterocycles. The first-order valence-corrected chi connectivity index (χ1v) is 10.1. The Morgan fingerprint density at radius 1 is 1.07 bits per heavy atom. The SMILES string of the molecule is Cc1ccc([C@]2(C)NC(=O)N(CC(=O)O[C@@H](C)C(=O)N(C(C)C)C(C)C)C2=O)cc1. The smallest absolute Gasteiger partial charge is 0.327 e. The third-order valence-electron chi connectivity index (χ3n) is 5.21. The van der Waals surface area contributed by atoms with E-state index in [0.29, 0.717) is 5.56 Å². The fourth-order valence-corrected chi connectivity index (χ4v) is 3.65. The quantitative estimate of drug-likeness (QED) is 0.543. The van der Waals surface area contributed by atoms with Crippen LogP contribution in [0, 0.1) is 6.92 Å². The summed E-state index contributed by atoms with van der Waals surface area (Å²) in [5.74, 6) is -1.69. The van der Waals surface area contributed by atoms with Gasteiger partial charge in [0.1, 0.15) is 12.1 Å². The number of nitrogens with one attached hydrogen (secondary N) is 1. The summed E-state index contributed by atoms with van der Waals surface area (Å²) in [7, 11) is 0. The van der Waals surface area contributed by atoms with E-state index in [1.165, 1.54) is 6.92 Å². The third-order valence-corrected chi connectivity index (χ3v) is 5.21. The molecule has 1 aliphatic heterocycles. The molecule has 1 fully saturated rings. The highest BCUT2D eigenvalue weighted by Crippen LogP contribution is 2.29. The molecule has 1 N–H and O–H groups in total. The van der Waals surface area contributed by atoms with Gasteiger partial charge in [-0.15, -0.1) is 0 Å². The van der Waals surface area contributed by atoms with E-state index in [2.05, 4.69) is 5.32 Å². The van der Waals surface area contributed by atoms with E-state index in [1.807, 2.05) is 46.8 Å². The number of rotatable bonds is 7. The van der Waals surface area contributed by atoms with Gasteiger partial charge in [-0.3, -0.25) is 19.3 Å². The minimum absolute atomic E-state index is 0.0557. The molecule has 1 aromatic carbocycles. The predicted octanol–water partition coefficient (Wildman–Crippen LogP) is 2.34. The fraction of sp³-hybridized carbons (Fsp3) is 0.545. The Balaban J connectivity index is 2.08. The standard InChI is InChI=1S/C22H31N3O5/c1-13(2)25(14(3)4)19(27)16(6)30-18(26)12-24-20(28)22(7,23-21(24)29)17-10-8-15(5)9-11-17/h8-11,13-14,16H,12H2,1-7H3,(H,23,29)/t16-,22-/m0/s1. The highest BCUT2D eigenvalue weighted by molar-refractivity contribution is 6.08. The van der Waals surface area contributed by atoms with Gasteiger partial charge in [0.2, 0.25) is 0 Å². The number of aryl methyl sites for hydroxylation is 1. The predicted molar refractivity (Wildman–Crippen MR) is 111 cm³/mol. The highest BCUT2D eigenvalue weighted by atomic mass is 16.5. The van der Waals surface area contributed by atoms with Crippen molar-refractivity contribution in [3.8, 4) is 0 Å². The lowest BCUT2D eigenvalue weighted by Crippen LogP contribution is -2.48. The summed E-state index contributed by atoms with van der Waals surface area (Å²) < 4.78 is 5.24. The van der Waals surface area contributed by atoms with Crippen molar-refractivity contribution in [1.29, 1.82) is 0 Å². The number of carbonyl (C=O) groups excluding carboxylic acids is 4. The molecule has 0 saturated carbocycles. The first-order valence-electron chi connectivity index (χ1n) is 10.1. The zero-order chi connectivity index (χ0) is 22.8. The maximum atomic E-state index is 12.9. The molecule has 0 aromatic heterocycles. The van der Waals surface area contributed by atoms with E-state index >= 15 is 0 Å². The van der Waals surface area contributed by atoms with Crippen molar-refractivity contribution in [2.75, 3.05) is 6.54 Å². The Morgan fingerprint density at radius 3 is 2.10 bits per heavy atom. The van der Waals surface area contributed by atoms with Crippen LogP contribution in [0.4, 0.5) is 4.79 Å². The summed E-state index contributed by atoms with van der Waals surface area (Å²) >= 11 is 0. The largest absolute Gasteiger partial charge is 0.451 e. The number of imide groups is 1. The maximum absolute atomic E-state index is 12.9. The van der Waals surface area contributed by atoms with Gasteiger partial charge in [-0.1, -0.05) is 29.8 Å². The van der Waals surface area contributed by atoms with Crippen LogP contribution in [0.5, 0.6) is 0 Å². The molecule has 2 rings (SSSR count). The van der Waals surface area contributed by atoms with Crippen molar-refractivity contribution in [2.45, 2.75) is 72.2 Å². The number of carbonyl (C=O) groups is 4. The molecule has 2 atom stereocenters. The van der Waals surface area contributed by atoms with Crippen LogP contribution in [0.1, 0.15) is 52.7 Å². The zero-order valence-electron chi connectivity index (χ0n) is 18.7. The number of hydrogen-bond donors (Lipinski definition) is 1. The summed E-state index contributed by atoms with van der Waals surface area (Å²) in [6.45, 7) is 12.0. The second-order valence-corrected chi connectivity index (χ2v) is 8.38. The highest BCUT2D eigenvalue weighted by Gasteiger charge is 2.49. The summed E-state index contributed by atoms with van der Waals surface area (Å²) in [4.78, 5) is 52.8. The molecule has 0 aliphatic carbocycles. The Bertz CT molecular complexity index is 826. The molecule has 8 nitrogen and oxygen atoms in total. The van der Waals surface area contributed by atoms with Crippen molar-refractivity contribution in [2.24, 2.45) is 0 Å².